The summed E-state index contributed by atoms with van der Waals surface area (Å²) in [6.07, 6.45) is 0. The Balaban J connectivity index is 2.15. The van der Waals surface area contributed by atoms with Crippen LogP contribution in [0.4, 0.5) is 0 Å². The third-order valence-corrected chi connectivity index (χ3v) is 5.54. The summed E-state index contributed by atoms with van der Waals surface area (Å²) in [7, 11) is -2.10. The quantitative estimate of drug-likeness (QED) is 0.731. The van der Waals surface area contributed by atoms with Crippen molar-refractivity contribution in [2.24, 2.45) is 0 Å². The number of hydrogen-bond acceptors (Lipinski definition) is 4. The van der Waals surface area contributed by atoms with Gasteiger partial charge in [0, 0.05) is 6.54 Å². The van der Waals surface area contributed by atoms with E-state index in [0.717, 1.165) is 0 Å². The van der Waals surface area contributed by atoms with Gasteiger partial charge in [-0.25, -0.2) is 13.1 Å². The highest BCUT2D eigenvalue weighted by Gasteiger charge is 2.14. The molecular formula is C14H13Br2NO4S. The van der Waals surface area contributed by atoms with Crippen molar-refractivity contribution in [3.05, 3.63) is 50.9 Å². The molecule has 2 aromatic rings. The van der Waals surface area contributed by atoms with Crippen LogP contribution in [0.25, 0.3) is 0 Å². The van der Waals surface area contributed by atoms with Gasteiger partial charge in [0.25, 0.3) is 0 Å². The summed E-state index contributed by atoms with van der Waals surface area (Å²) in [6.45, 7) is 0.103. The fourth-order valence-electron chi connectivity index (χ4n) is 1.74. The summed E-state index contributed by atoms with van der Waals surface area (Å²) in [6, 6.07) is 9.42. The van der Waals surface area contributed by atoms with E-state index in [0.29, 0.717) is 20.3 Å². The Hall–Kier alpha value is -1.09. The molecule has 0 saturated heterocycles. The molecular weight excluding hydrogens is 438 g/mol. The van der Waals surface area contributed by atoms with Crippen LogP contribution in [0, 0.1) is 0 Å². The van der Waals surface area contributed by atoms with E-state index in [4.69, 9.17) is 4.74 Å². The van der Waals surface area contributed by atoms with E-state index in [1.54, 1.807) is 24.3 Å². The highest BCUT2D eigenvalue weighted by atomic mass is 79.9. The van der Waals surface area contributed by atoms with Crippen LogP contribution < -0.4 is 9.46 Å². The molecule has 2 aromatic carbocycles. The predicted molar refractivity (Wildman–Crippen MR) is 90.5 cm³/mol. The van der Waals surface area contributed by atoms with Crippen LogP contribution in [-0.2, 0) is 16.6 Å². The molecule has 0 saturated carbocycles. The zero-order chi connectivity index (χ0) is 16.3. The van der Waals surface area contributed by atoms with Crippen molar-refractivity contribution in [3.63, 3.8) is 0 Å². The maximum absolute atomic E-state index is 12.2. The number of phenolic OH excluding ortho intramolecular Hbond substituents is 1. The first-order valence-electron chi connectivity index (χ1n) is 6.14. The lowest BCUT2D eigenvalue weighted by molar-refractivity contribution is 0.414. The van der Waals surface area contributed by atoms with Crippen molar-refractivity contribution in [3.8, 4) is 11.5 Å². The van der Waals surface area contributed by atoms with Crippen LogP contribution in [0.5, 0.6) is 11.5 Å². The van der Waals surface area contributed by atoms with Gasteiger partial charge in [-0.2, -0.15) is 0 Å². The zero-order valence-electron chi connectivity index (χ0n) is 11.5. The number of sulfonamides is 1. The summed E-state index contributed by atoms with van der Waals surface area (Å²) in [5.41, 5.74) is 0.702. The first-order chi connectivity index (χ1) is 10.3. The fraction of sp³-hybridized carbons (Fsp3) is 0.143. The molecule has 0 aliphatic carbocycles. The lowest BCUT2D eigenvalue weighted by Crippen LogP contribution is -2.23. The van der Waals surface area contributed by atoms with E-state index in [1.165, 1.54) is 19.2 Å². The van der Waals surface area contributed by atoms with Gasteiger partial charge in [0.1, 0.15) is 11.5 Å². The predicted octanol–water partition coefficient (Wildman–Crippen LogP) is 3.40. The number of nitrogens with one attached hydrogen (secondary N) is 1. The van der Waals surface area contributed by atoms with E-state index < -0.39 is 10.0 Å². The Kier molecular flexibility index (Phi) is 5.49. The van der Waals surface area contributed by atoms with Gasteiger partial charge in [0.2, 0.25) is 10.0 Å². The number of phenols is 1. The minimum atomic E-state index is -3.62. The molecule has 0 unspecified atom stereocenters. The molecule has 118 valence electrons. The first-order valence-corrected chi connectivity index (χ1v) is 9.21. The molecule has 0 radical (unpaired) electrons. The summed E-state index contributed by atoms with van der Waals surface area (Å²) < 4.78 is 32.9. The largest absolute Gasteiger partial charge is 0.506 e. The van der Waals surface area contributed by atoms with Crippen molar-refractivity contribution < 1.29 is 18.3 Å². The second-order valence-electron chi connectivity index (χ2n) is 4.41. The average Bonchev–Trinajstić information content (AvgIpc) is 2.50. The Morgan fingerprint density at radius 3 is 2.18 bits per heavy atom. The molecule has 0 amide bonds. The number of hydrogen-bond donors (Lipinski definition) is 2. The standard InChI is InChI=1S/C14H13Br2NO4S/c1-21-10-2-4-11(5-3-10)22(19,20)17-8-9-6-12(15)14(18)13(16)7-9/h2-7,17-18H,8H2,1H3. The van der Waals surface area contributed by atoms with Gasteiger partial charge in [-0.05, 0) is 73.8 Å². The SMILES string of the molecule is COc1ccc(S(=O)(=O)NCc2cc(Br)c(O)c(Br)c2)cc1. The second-order valence-corrected chi connectivity index (χ2v) is 7.88. The van der Waals surface area contributed by atoms with Crippen molar-refractivity contribution in [1.82, 2.24) is 4.72 Å². The van der Waals surface area contributed by atoms with Crippen LogP contribution in [0.15, 0.2) is 50.2 Å². The average molecular weight is 451 g/mol. The van der Waals surface area contributed by atoms with Gasteiger partial charge in [0.05, 0.1) is 21.0 Å². The number of ether oxygens (including phenoxy) is 1. The Labute approximate surface area is 145 Å². The van der Waals surface area contributed by atoms with Gasteiger partial charge in [0.15, 0.2) is 0 Å². The summed E-state index contributed by atoms with van der Waals surface area (Å²) in [5.74, 6) is 0.659. The minimum absolute atomic E-state index is 0.0711. The van der Waals surface area contributed by atoms with Gasteiger partial charge in [-0.1, -0.05) is 0 Å². The topological polar surface area (TPSA) is 75.6 Å². The molecule has 5 nitrogen and oxygen atoms in total. The third-order valence-electron chi connectivity index (χ3n) is 2.91. The maximum atomic E-state index is 12.2. The molecule has 0 aromatic heterocycles. The molecule has 22 heavy (non-hydrogen) atoms. The Morgan fingerprint density at radius 2 is 1.68 bits per heavy atom. The fourth-order valence-corrected chi connectivity index (χ4v) is 4.04. The van der Waals surface area contributed by atoms with Crippen LogP contribution in [0.3, 0.4) is 0 Å². The van der Waals surface area contributed by atoms with Crippen LogP contribution >= 0.6 is 31.9 Å². The zero-order valence-corrected chi connectivity index (χ0v) is 15.5. The molecule has 0 bridgehead atoms. The minimum Gasteiger partial charge on any atom is -0.506 e. The molecule has 8 heteroatoms. The van der Waals surface area contributed by atoms with Crippen LogP contribution in [0.1, 0.15) is 5.56 Å². The van der Waals surface area contributed by atoms with E-state index >= 15 is 0 Å². The Morgan fingerprint density at radius 1 is 1.14 bits per heavy atom. The van der Waals surface area contributed by atoms with Crippen molar-refractivity contribution in [2.75, 3.05) is 7.11 Å². The van der Waals surface area contributed by atoms with Crippen LogP contribution in [0.2, 0.25) is 0 Å². The number of aromatic hydroxyl groups is 1. The molecule has 0 fully saturated rings. The molecule has 0 aliphatic heterocycles. The molecule has 0 heterocycles. The van der Waals surface area contributed by atoms with Gasteiger partial charge in [-0.3, -0.25) is 0 Å². The number of rotatable bonds is 5. The van der Waals surface area contributed by atoms with Crippen molar-refractivity contribution in [2.45, 2.75) is 11.4 Å². The molecule has 2 N–H and O–H groups in total. The molecule has 0 aliphatic rings. The van der Waals surface area contributed by atoms with Gasteiger partial charge < -0.3 is 9.84 Å². The maximum Gasteiger partial charge on any atom is 0.240 e. The number of methoxy groups -OCH3 is 1. The third kappa shape index (κ3) is 4.01. The van der Waals surface area contributed by atoms with E-state index in [-0.39, 0.29) is 17.2 Å². The lowest BCUT2D eigenvalue weighted by atomic mass is 10.2. The normalized spacial score (nSPS) is 11.4. The Bertz CT molecular complexity index is 753. The monoisotopic (exact) mass is 449 g/mol. The second kappa shape index (κ2) is 6.99. The van der Waals surface area contributed by atoms with Gasteiger partial charge in [-0.15, -0.1) is 0 Å². The highest BCUT2D eigenvalue weighted by molar-refractivity contribution is 9.11. The van der Waals surface area contributed by atoms with E-state index in [1.807, 2.05) is 0 Å². The lowest BCUT2D eigenvalue weighted by Gasteiger charge is -2.09. The number of halogens is 2. The van der Waals surface area contributed by atoms with E-state index in [2.05, 4.69) is 36.6 Å². The van der Waals surface area contributed by atoms with Crippen molar-refractivity contribution in [1.29, 1.82) is 0 Å². The van der Waals surface area contributed by atoms with Crippen molar-refractivity contribution >= 4 is 41.9 Å². The van der Waals surface area contributed by atoms with Crippen LogP contribution in [-0.4, -0.2) is 20.6 Å². The first kappa shape index (κ1) is 17.3. The van der Waals surface area contributed by atoms with Gasteiger partial charge >= 0.3 is 0 Å². The number of benzene rings is 2. The summed E-state index contributed by atoms with van der Waals surface area (Å²) in [5, 5.41) is 9.64. The highest BCUT2D eigenvalue weighted by Crippen LogP contribution is 2.33. The molecule has 0 atom stereocenters. The smallest absolute Gasteiger partial charge is 0.240 e. The summed E-state index contributed by atoms with van der Waals surface area (Å²) in [4.78, 5) is 0.158. The molecule has 0 spiro atoms. The summed E-state index contributed by atoms with van der Waals surface area (Å²) >= 11 is 6.41. The molecule has 2 rings (SSSR count). The van der Waals surface area contributed by atoms with E-state index in [9.17, 15) is 13.5 Å².